The highest BCUT2D eigenvalue weighted by Crippen LogP contribution is 2.38. The molecular weight excluding hydrogens is 374 g/mol. The first kappa shape index (κ1) is 18.5. The van der Waals surface area contributed by atoms with Gasteiger partial charge in [0.05, 0.1) is 18.0 Å². The van der Waals surface area contributed by atoms with Gasteiger partial charge in [-0.1, -0.05) is 13.3 Å². The standard InChI is InChI=1S/C19H23N7OS/c1-5-6-13-19(27)25(4)14-10-21-16(23-17(14)26(13)11(2)3)12-9-22-24-15(12)18-20-7-8-28-18/h7-11,13H,5-6H2,1-4H3,(H,22,24). The summed E-state index contributed by atoms with van der Waals surface area (Å²) in [6.07, 6.45) is 6.92. The van der Waals surface area contributed by atoms with Crippen molar-refractivity contribution in [2.75, 3.05) is 16.8 Å². The smallest absolute Gasteiger partial charge is 0.249 e. The summed E-state index contributed by atoms with van der Waals surface area (Å²) < 4.78 is 0. The van der Waals surface area contributed by atoms with E-state index in [0.717, 1.165) is 40.6 Å². The van der Waals surface area contributed by atoms with Crippen LogP contribution in [0.2, 0.25) is 0 Å². The Balaban J connectivity index is 1.84. The third-order valence-electron chi connectivity index (χ3n) is 4.95. The molecule has 3 aromatic rings. The zero-order valence-electron chi connectivity index (χ0n) is 16.4. The number of aromatic amines is 1. The number of carbonyl (C=O) groups is 1. The van der Waals surface area contributed by atoms with Gasteiger partial charge >= 0.3 is 0 Å². The van der Waals surface area contributed by atoms with Crippen LogP contribution in [0.1, 0.15) is 33.6 Å². The highest BCUT2D eigenvalue weighted by atomic mass is 32.1. The Labute approximate surface area is 167 Å². The molecule has 0 aliphatic carbocycles. The van der Waals surface area contributed by atoms with Gasteiger partial charge in [-0.3, -0.25) is 9.89 Å². The van der Waals surface area contributed by atoms with E-state index in [4.69, 9.17) is 4.98 Å². The Morgan fingerprint density at radius 3 is 2.79 bits per heavy atom. The Hall–Kier alpha value is -2.81. The lowest BCUT2D eigenvalue weighted by Crippen LogP contribution is -2.55. The topological polar surface area (TPSA) is 90.9 Å². The van der Waals surface area contributed by atoms with E-state index in [1.54, 1.807) is 30.5 Å². The lowest BCUT2D eigenvalue weighted by atomic mass is 10.0. The molecule has 1 atom stereocenters. The maximum absolute atomic E-state index is 12.9. The van der Waals surface area contributed by atoms with Gasteiger partial charge in [-0.15, -0.1) is 11.3 Å². The molecule has 28 heavy (non-hydrogen) atoms. The van der Waals surface area contributed by atoms with Crippen LogP contribution in [0.3, 0.4) is 0 Å². The first-order valence-electron chi connectivity index (χ1n) is 9.39. The zero-order valence-corrected chi connectivity index (χ0v) is 17.2. The lowest BCUT2D eigenvalue weighted by molar-refractivity contribution is -0.120. The van der Waals surface area contributed by atoms with Crippen molar-refractivity contribution in [1.82, 2.24) is 25.1 Å². The summed E-state index contributed by atoms with van der Waals surface area (Å²) in [5.41, 5.74) is 2.33. The fraction of sp³-hybridized carbons (Fsp3) is 0.421. The van der Waals surface area contributed by atoms with E-state index < -0.39 is 0 Å². The predicted molar refractivity (Wildman–Crippen MR) is 110 cm³/mol. The van der Waals surface area contributed by atoms with E-state index >= 15 is 0 Å². The van der Waals surface area contributed by atoms with Crippen molar-refractivity contribution in [2.24, 2.45) is 0 Å². The highest BCUT2D eigenvalue weighted by Gasteiger charge is 2.38. The van der Waals surface area contributed by atoms with Gasteiger partial charge in [-0.2, -0.15) is 5.10 Å². The SMILES string of the molecule is CCCC1C(=O)N(C)c2cnc(-c3cn[nH]c3-c3nccs3)nc2N1C(C)C. The number of amides is 1. The van der Waals surface area contributed by atoms with Gasteiger partial charge in [0.2, 0.25) is 5.91 Å². The minimum atomic E-state index is -0.215. The first-order valence-corrected chi connectivity index (χ1v) is 10.3. The second-order valence-electron chi connectivity index (χ2n) is 7.10. The van der Waals surface area contributed by atoms with Crippen molar-refractivity contribution in [3.8, 4) is 22.1 Å². The molecule has 3 aromatic heterocycles. The van der Waals surface area contributed by atoms with E-state index in [2.05, 4.69) is 45.8 Å². The molecule has 1 aliphatic rings. The molecule has 8 nitrogen and oxygen atoms in total. The van der Waals surface area contributed by atoms with Crippen LogP contribution in [0.25, 0.3) is 22.1 Å². The van der Waals surface area contributed by atoms with Gasteiger partial charge in [0.1, 0.15) is 22.4 Å². The van der Waals surface area contributed by atoms with Crippen LogP contribution < -0.4 is 9.80 Å². The minimum Gasteiger partial charge on any atom is -0.340 e. The van der Waals surface area contributed by atoms with Crippen molar-refractivity contribution in [2.45, 2.75) is 45.7 Å². The number of nitrogens with one attached hydrogen (secondary N) is 1. The van der Waals surface area contributed by atoms with E-state index in [-0.39, 0.29) is 18.0 Å². The number of thiazole rings is 1. The van der Waals surface area contributed by atoms with Gasteiger partial charge < -0.3 is 9.80 Å². The maximum atomic E-state index is 12.9. The van der Waals surface area contributed by atoms with Crippen molar-refractivity contribution in [3.63, 3.8) is 0 Å². The number of anilines is 2. The first-order chi connectivity index (χ1) is 13.5. The number of H-pyrrole nitrogens is 1. The largest absolute Gasteiger partial charge is 0.340 e. The molecule has 1 aliphatic heterocycles. The molecule has 4 rings (SSSR count). The zero-order chi connectivity index (χ0) is 19.8. The summed E-state index contributed by atoms with van der Waals surface area (Å²) in [4.78, 5) is 30.5. The summed E-state index contributed by atoms with van der Waals surface area (Å²) in [6, 6.07) is -0.0773. The van der Waals surface area contributed by atoms with Gasteiger partial charge in [0.15, 0.2) is 11.6 Å². The summed E-state index contributed by atoms with van der Waals surface area (Å²) in [6.45, 7) is 6.27. The maximum Gasteiger partial charge on any atom is 0.249 e. The van der Waals surface area contributed by atoms with E-state index in [1.807, 2.05) is 5.38 Å². The Kier molecular flexibility index (Phi) is 4.84. The molecule has 0 saturated heterocycles. The summed E-state index contributed by atoms with van der Waals surface area (Å²) >= 11 is 1.53. The molecule has 146 valence electrons. The monoisotopic (exact) mass is 397 g/mol. The van der Waals surface area contributed by atoms with Gasteiger partial charge in [-0.05, 0) is 20.3 Å². The number of likely N-dealkylation sites (N-methyl/N-ethyl adjacent to an activating group) is 1. The molecule has 1 unspecified atom stereocenters. The molecular formula is C19H23N7OS. The number of aromatic nitrogens is 5. The Morgan fingerprint density at radius 1 is 1.29 bits per heavy atom. The van der Waals surface area contributed by atoms with Gasteiger partial charge in [0.25, 0.3) is 0 Å². The molecule has 4 heterocycles. The van der Waals surface area contributed by atoms with Crippen LogP contribution >= 0.6 is 11.3 Å². The quantitative estimate of drug-likeness (QED) is 0.710. The van der Waals surface area contributed by atoms with Crippen LogP contribution in [-0.2, 0) is 4.79 Å². The lowest BCUT2D eigenvalue weighted by Gasteiger charge is -2.42. The van der Waals surface area contributed by atoms with Crippen LogP contribution in [0, 0.1) is 0 Å². The van der Waals surface area contributed by atoms with Crippen LogP contribution in [-0.4, -0.2) is 50.2 Å². The van der Waals surface area contributed by atoms with E-state index in [0.29, 0.717) is 5.82 Å². The van der Waals surface area contributed by atoms with Crippen LogP contribution in [0.4, 0.5) is 11.5 Å². The molecule has 0 radical (unpaired) electrons. The van der Waals surface area contributed by atoms with Crippen LogP contribution in [0.15, 0.2) is 24.0 Å². The number of nitrogens with zero attached hydrogens (tertiary/aromatic N) is 6. The average Bonchev–Trinajstić information content (AvgIpc) is 3.36. The summed E-state index contributed by atoms with van der Waals surface area (Å²) in [7, 11) is 1.80. The molecule has 1 amide bonds. The van der Waals surface area contributed by atoms with Gasteiger partial charge in [0, 0.05) is 24.7 Å². The summed E-state index contributed by atoms with van der Waals surface area (Å²) in [5.74, 6) is 1.44. The molecule has 0 spiro atoms. The number of hydrogen-bond acceptors (Lipinski definition) is 7. The van der Waals surface area contributed by atoms with Gasteiger partial charge in [-0.25, -0.2) is 15.0 Å². The third kappa shape index (κ3) is 2.95. The van der Waals surface area contributed by atoms with Crippen molar-refractivity contribution in [3.05, 3.63) is 24.0 Å². The molecule has 1 N–H and O–H groups in total. The second kappa shape index (κ2) is 7.31. The average molecular weight is 398 g/mol. The fourth-order valence-corrected chi connectivity index (χ4v) is 4.28. The number of fused-ring (bicyclic) bond motifs is 1. The fourth-order valence-electron chi connectivity index (χ4n) is 3.64. The van der Waals surface area contributed by atoms with Crippen molar-refractivity contribution >= 4 is 28.7 Å². The second-order valence-corrected chi connectivity index (χ2v) is 8.00. The molecule has 0 bridgehead atoms. The van der Waals surface area contributed by atoms with Crippen LogP contribution in [0.5, 0.6) is 0 Å². The molecule has 0 aromatic carbocycles. The Morgan fingerprint density at radius 2 is 2.11 bits per heavy atom. The normalized spacial score (nSPS) is 16.8. The molecule has 0 fully saturated rings. The predicted octanol–water partition coefficient (Wildman–Crippen LogP) is 3.35. The van der Waals surface area contributed by atoms with E-state index in [9.17, 15) is 4.79 Å². The Bertz CT molecular complexity index is 982. The van der Waals surface area contributed by atoms with Crippen molar-refractivity contribution in [1.29, 1.82) is 0 Å². The molecule has 0 saturated carbocycles. The van der Waals surface area contributed by atoms with E-state index in [1.165, 1.54) is 11.3 Å². The summed E-state index contributed by atoms with van der Waals surface area (Å²) in [5, 5.41) is 9.94. The minimum absolute atomic E-state index is 0.0891. The number of hydrogen-bond donors (Lipinski definition) is 1. The van der Waals surface area contributed by atoms with Crippen molar-refractivity contribution < 1.29 is 4.79 Å². The molecule has 9 heteroatoms. The number of carbonyl (C=O) groups excluding carboxylic acids is 1. The third-order valence-corrected chi connectivity index (χ3v) is 5.74. The number of rotatable bonds is 5. The highest BCUT2D eigenvalue weighted by molar-refractivity contribution is 7.13.